The summed E-state index contributed by atoms with van der Waals surface area (Å²) >= 11 is 3.41. The molecule has 0 aliphatic carbocycles. The summed E-state index contributed by atoms with van der Waals surface area (Å²) in [5, 5.41) is 2.97. The first-order valence-corrected chi connectivity index (χ1v) is 10.3. The van der Waals surface area contributed by atoms with Crippen molar-refractivity contribution in [3.8, 4) is 23.8 Å². The van der Waals surface area contributed by atoms with Crippen LogP contribution in [0.5, 0.6) is 11.5 Å². The number of ether oxygens (including phenoxy) is 3. The Morgan fingerprint density at radius 3 is 2.62 bits per heavy atom. The van der Waals surface area contributed by atoms with E-state index in [1.165, 1.54) is 0 Å². The Morgan fingerprint density at radius 2 is 1.97 bits per heavy atom. The summed E-state index contributed by atoms with van der Waals surface area (Å²) in [7, 11) is 1.58. The highest BCUT2D eigenvalue weighted by atomic mass is 79.9. The average molecular weight is 460 g/mol. The molecule has 0 radical (unpaired) electrons. The maximum atomic E-state index is 12.7. The van der Waals surface area contributed by atoms with Gasteiger partial charge in [-0.05, 0) is 48.2 Å². The number of carbonyl (C=O) groups is 1. The van der Waals surface area contributed by atoms with Crippen LogP contribution in [0.3, 0.4) is 0 Å². The molecule has 2 aromatic rings. The molecule has 0 aliphatic heterocycles. The number of nitrogens with one attached hydrogen (secondary N) is 1. The fourth-order valence-corrected chi connectivity index (χ4v) is 2.99. The van der Waals surface area contributed by atoms with Gasteiger partial charge in [-0.3, -0.25) is 4.79 Å². The molecule has 6 heteroatoms. The van der Waals surface area contributed by atoms with Crippen LogP contribution in [0, 0.1) is 12.3 Å². The van der Waals surface area contributed by atoms with Gasteiger partial charge in [-0.15, -0.1) is 6.42 Å². The topological polar surface area (TPSA) is 56.8 Å². The van der Waals surface area contributed by atoms with Gasteiger partial charge in [0.15, 0.2) is 17.6 Å². The second-order valence-electron chi connectivity index (χ2n) is 6.32. The lowest BCUT2D eigenvalue weighted by atomic mass is 10.1. The van der Waals surface area contributed by atoms with E-state index in [-0.39, 0.29) is 12.5 Å². The lowest BCUT2D eigenvalue weighted by molar-refractivity contribution is -0.133. The lowest BCUT2D eigenvalue weighted by Crippen LogP contribution is -2.32. The monoisotopic (exact) mass is 459 g/mol. The highest BCUT2D eigenvalue weighted by molar-refractivity contribution is 9.10. The predicted octanol–water partition coefficient (Wildman–Crippen LogP) is 4.30. The Morgan fingerprint density at radius 1 is 1.21 bits per heavy atom. The van der Waals surface area contributed by atoms with Crippen LogP contribution < -0.4 is 14.8 Å². The molecule has 0 saturated heterocycles. The third kappa shape index (κ3) is 7.12. The van der Waals surface area contributed by atoms with Gasteiger partial charge < -0.3 is 19.5 Å². The van der Waals surface area contributed by atoms with Crippen molar-refractivity contribution in [2.45, 2.75) is 25.9 Å². The van der Waals surface area contributed by atoms with E-state index in [1.807, 2.05) is 49.4 Å². The highest BCUT2D eigenvalue weighted by Gasteiger charge is 2.20. The minimum atomic E-state index is -0.628. The molecule has 2 aromatic carbocycles. The molecule has 1 amide bonds. The van der Waals surface area contributed by atoms with Gasteiger partial charge in [0.25, 0.3) is 5.91 Å². The third-order valence-corrected chi connectivity index (χ3v) is 4.68. The summed E-state index contributed by atoms with van der Waals surface area (Å²) in [4.78, 5) is 12.7. The SMILES string of the molecule is C#CCOc1ccc(CCNC(=O)[C@@H](OCCC)c2ccc(Br)cc2)cc1OC. The Kier molecular flexibility index (Phi) is 9.55. The molecule has 0 saturated carbocycles. The van der Waals surface area contributed by atoms with Gasteiger partial charge in [0, 0.05) is 17.6 Å². The zero-order valence-electron chi connectivity index (χ0n) is 16.7. The molecule has 0 fully saturated rings. The van der Waals surface area contributed by atoms with Crippen LogP contribution >= 0.6 is 15.9 Å². The summed E-state index contributed by atoms with van der Waals surface area (Å²) < 4.78 is 17.6. The van der Waals surface area contributed by atoms with E-state index in [0.717, 1.165) is 22.0 Å². The van der Waals surface area contributed by atoms with E-state index in [4.69, 9.17) is 20.6 Å². The van der Waals surface area contributed by atoms with Gasteiger partial charge in [0.05, 0.1) is 7.11 Å². The fourth-order valence-electron chi connectivity index (χ4n) is 2.73. The Labute approximate surface area is 180 Å². The molecule has 0 aromatic heterocycles. The van der Waals surface area contributed by atoms with Crippen LogP contribution in [0.1, 0.15) is 30.6 Å². The van der Waals surface area contributed by atoms with Crippen LogP contribution in [0.15, 0.2) is 46.9 Å². The summed E-state index contributed by atoms with van der Waals surface area (Å²) in [6.07, 6.45) is 6.09. The zero-order chi connectivity index (χ0) is 21.1. The van der Waals surface area contributed by atoms with Crippen molar-refractivity contribution in [1.82, 2.24) is 5.32 Å². The molecule has 0 spiro atoms. The summed E-state index contributed by atoms with van der Waals surface area (Å²) in [5.41, 5.74) is 1.85. The number of benzene rings is 2. The maximum absolute atomic E-state index is 12.7. The Bertz CT molecular complexity index is 830. The molecular weight excluding hydrogens is 434 g/mol. The summed E-state index contributed by atoms with van der Waals surface area (Å²) in [6, 6.07) is 13.2. The lowest BCUT2D eigenvalue weighted by Gasteiger charge is -2.18. The smallest absolute Gasteiger partial charge is 0.253 e. The number of methoxy groups -OCH3 is 1. The molecular formula is C23H26BrNO4. The first-order chi connectivity index (χ1) is 14.1. The van der Waals surface area contributed by atoms with Crippen molar-refractivity contribution in [1.29, 1.82) is 0 Å². The number of terminal acetylenes is 1. The van der Waals surface area contributed by atoms with E-state index < -0.39 is 6.10 Å². The average Bonchev–Trinajstić information content (AvgIpc) is 2.74. The third-order valence-electron chi connectivity index (χ3n) is 4.15. The number of carbonyl (C=O) groups excluding carboxylic acids is 1. The number of hydrogen-bond donors (Lipinski definition) is 1. The molecule has 1 atom stereocenters. The molecule has 5 nitrogen and oxygen atoms in total. The first-order valence-electron chi connectivity index (χ1n) is 9.47. The van der Waals surface area contributed by atoms with Crippen molar-refractivity contribution in [2.24, 2.45) is 0 Å². The molecule has 29 heavy (non-hydrogen) atoms. The molecule has 0 bridgehead atoms. The fraction of sp³-hybridized carbons (Fsp3) is 0.348. The van der Waals surface area contributed by atoms with E-state index in [1.54, 1.807) is 7.11 Å². The summed E-state index contributed by atoms with van der Waals surface area (Å²) in [5.74, 6) is 3.49. The van der Waals surface area contributed by atoms with E-state index in [2.05, 4.69) is 27.2 Å². The highest BCUT2D eigenvalue weighted by Crippen LogP contribution is 2.28. The second kappa shape index (κ2) is 12.2. The van der Waals surface area contributed by atoms with Gasteiger partial charge in [-0.2, -0.15) is 0 Å². The van der Waals surface area contributed by atoms with Gasteiger partial charge in [0.1, 0.15) is 6.61 Å². The standard InChI is InChI=1S/C23H26BrNO4/c1-4-14-28-20-11-6-17(16-21(20)27-3)12-13-25-23(26)22(29-15-5-2)18-7-9-19(24)10-8-18/h1,6-11,16,22H,5,12-15H2,2-3H3,(H,25,26)/t22-/m0/s1. The van der Waals surface area contributed by atoms with Gasteiger partial charge in [0.2, 0.25) is 0 Å². The van der Waals surface area contributed by atoms with Crippen LogP contribution in [0.2, 0.25) is 0 Å². The van der Waals surface area contributed by atoms with Crippen LogP contribution in [-0.2, 0) is 16.0 Å². The van der Waals surface area contributed by atoms with E-state index in [0.29, 0.717) is 31.1 Å². The van der Waals surface area contributed by atoms with Crippen molar-refractivity contribution in [3.05, 3.63) is 58.1 Å². The summed E-state index contributed by atoms with van der Waals surface area (Å²) in [6.45, 7) is 3.20. The number of rotatable bonds is 11. The van der Waals surface area contributed by atoms with Gasteiger partial charge in [-0.1, -0.05) is 47.0 Å². The minimum absolute atomic E-state index is 0.151. The maximum Gasteiger partial charge on any atom is 0.253 e. The first kappa shape index (κ1) is 22.8. The zero-order valence-corrected chi connectivity index (χ0v) is 18.3. The quantitative estimate of drug-likeness (QED) is 0.509. The van der Waals surface area contributed by atoms with E-state index >= 15 is 0 Å². The molecule has 2 rings (SSSR count). The minimum Gasteiger partial charge on any atom is -0.493 e. The van der Waals surface area contributed by atoms with Crippen molar-refractivity contribution >= 4 is 21.8 Å². The van der Waals surface area contributed by atoms with Crippen LogP contribution in [0.25, 0.3) is 0 Å². The molecule has 1 N–H and O–H groups in total. The van der Waals surface area contributed by atoms with Crippen LogP contribution in [-0.4, -0.2) is 32.8 Å². The number of halogens is 1. The van der Waals surface area contributed by atoms with Crippen molar-refractivity contribution < 1.29 is 19.0 Å². The normalized spacial score (nSPS) is 11.4. The van der Waals surface area contributed by atoms with E-state index in [9.17, 15) is 4.79 Å². The molecule has 0 heterocycles. The molecule has 0 unspecified atom stereocenters. The van der Waals surface area contributed by atoms with Gasteiger partial charge in [-0.25, -0.2) is 0 Å². The van der Waals surface area contributed by atoms with Crippen molar-refractivity contribution in [2.75, 3.05) is 26.9 Å². The second-order valence-corrected chi connectivity index (χ2v) is 7.24. The molecule has 154 valence electrons. The number of hydrogen-bond acceptors (Lipinski definition) is 4. The number of amides is 1. The van der Waals surface area contributed by atoms with Crippen molar-refractivity contribution in [3.63, 3.8) is 0 Å². The Hall–Kier alpha value is -2.49. The largest absolute Gasteiger partial charge is 0.493 e. The predicted molar refractivity (Wildman–Crippen MR) is 117 cm³/mol. The van der Waals surface area contributed by atoms with Crippen LogP contribution in [0.4, 0.5) is 0 Å². The van der Waals surface area contributed by atoms with Gasteiger partial charge >= 0.3 is 0 Å². The Balaban J connectivity index is 1.97. The molecule has 0 aliphatic rings.